The van der Waals surface area contributed by atoms with Gasteiger partial charge in [0.15, 0.2) is 0 Å². The van der Waals surface area contributed by atoms with Crippen LogP contribution in [0.1, 0.15) is 40.5 Å². The van der Waals surface area contributed by atoms with E-state index in [2.05, 4.69) is 0 Å². The van der Waals surface area contributed by atoms with E-state index in [0.717, 1.165) is 0 Å². The van der Waals surface area contributed by atoms with Crippen LogP contribution in [0, 0.1) is 5.41 Å². The Morgan fingerprint density at radius 2 is 1.89 bits per heavy atom. The van der Waals surface area contributed by atoms with Crippen molar-refractivity contribution < 1.29 is 18.3 Å². The Hall–Kier alpha value is -0.910. The minimum absolute atomic E-state index is 0.136. The molecule has 0 spiro atoms. The van der Waals surface area contributed by atoms with E-state index in [1.165, 1.54) is 4.90 Å². The number of rotatable bonds is 3. The molecular formula is C13H24F2N2O2. The molecule has 0 saturated heterocycles. The fraction of sp³-hybridized carbons (Fsp3) is 0.923. The summed E-state index contributed by atoms with van der Waals surface area (Å²) in [5.41, 5.74) is 4.32. The molecule has 2 N–H and O–H groups in total. The van der Waals surface area contributed by atoms with E-state index in [4.69, 9.17) is 10.5 Å². The van der Waals surface area contributed by atoms with Crippen molar-refractivity contribution in [2.45, 2.75) is 58.1 Å². The molecule has 0 bridgehead atoms. The van der Waals surface area contributed by atoms with Crippen LogP contribution in [0.4, 0.5) is 13.6 Å². The second-order valence-corrected chi connectivity index (χ2v) is 6.54. The van der Waals surface area contributed by atoms with Crippen molar-refractivity contribution in [1.82, 2.24) is 4.90 Å². The van der Waals surface area contributed by atoms with E-state index >= 15 is 0 Å². The van der Waals surface area contributed by atoms with E-state index in [1.54, 1.807) is 34.7 Å². The third-order valence-electron chi connectivity index (χ3n) is 3.78. The lowest BCUT2D eigenvalue weighted by molar-refractivity contribution is -0.178. The molecule has 1 aliphatic rings. The van der Waals surface area contributed by atoms with Crippen molar-refractivity contribution in [3.05, 3.63) is 0 Å². The molecule has 1 aliphatic carbocycles. The summed E-state index contributed by atoms with van der Waals surface area (Å²) in [7, 11) is 1.56. The molecule has 1 amide bonds. The predicted octanol–water partition coefficient (Wildman–Crippen LogP) is 2.62. The third kappa shape index (κ3) is 3.55. The summed E-state index contributed by atoms with van der Waals surface area (Å²) >= 11 is 0. The Morgan fingerprint density at radius 1 is 1.42 bits per heavy atom. The molecule has 0 aromatic rings. The maximum atomic E-state index is 13.1. The van der Waals surface area contributed by atoms with Crippen LogP contribution in [0.5, 0.6) is 0 Å². The summed E-state index contributed by atoms with van der Waals surface area (Å²) < 4.78 is 31.5. The lowest BCUT2D eigenvalue weighted by Crippen LogP contribution is -2.61. The molecule has 4 nitrogen and oxygen atoms in total. The van der Waals surface area contributed by atoms with Gasteiger partial charge >= 0.3 is 6.09 Å². The highest BCUT2D eigenvalue weighted by Crippen LogP contribution is 2.54. The normalized spacial score (nSPS) is 22.3. The van der Waals surface area contributed by atoms with E-state index in [-0.39, 0.29) is 25.4 Å². The van der Waals surface area contributed by atoms with Crippen LogP contribution < -0.4 is 5.73 Å². The molecule has 19 heavy (non-hydrogen) atoms. The molecule has 0 aliphatic heterocycles. The van der Waals surface area contributed by atoms with E-state index < -0.39 is 23.0 Å². The van der Waals surface area contributed by atoms with Gasteiger partial charge in [0.05, 0.1) is 0 Å². The quantitative estimate of drug-likeness (QED) is 0.863. The Labute approximate surface area is 113 Å². The Balaban J connectivity index is 2.71. The van der Waals surface area contributed by atoms with E-state index in [0.29, 0.717) is 0 Å². The van der Waals surface area contributed by atoms with Crippen molar-refractivity contribution >= 4 is 6.09 Å². The third-order valence-corrected chi connectivity index (χ3v) is 3.78. The van der Waals surface area contributed by atoms with Crippen LogP contribution >= 0.6 is 0 Å². The highest BCUT2D eigenvalue weighted by atomic mass is 19.3. The van der Waals surface area contributed by atoms with Crippen LogP contribution in [0.2, 0.25) is 0 Å². The van der Waals surface area contributed by atoms with Gasteiger partial charge in [0.1, 0.15) is 5.60 Å². The Morgan fingerprint density at radius 3 is 2.21 bits per heavy atom. The molecule has 6 heteroatoms. The van der Waals surface area contributed by atoms with Gasteiger partial charge in [-0.25, -0.2) is 13.6 Å². The minimum Gasteiger partial charge on any atom is -0.444 e. The summed E-state index contributed by atoms with van der Waals surface area (Å²) in [6.45, 7) is 7.17. The lowest BCUT2D eigenvalue weighted by atomic mass is 9.61. The van der Waals surface area contributed by atoms with Gasteiger partial charge in [-0.2, -0.15) is 0 Å². The predicted molar refractivity (Wildman–Crippen MR) is 69.1 cm³/mol. The van der Waals surface area contributed by atoms with Crippen molar-refractivity contribution in [3.63, 3.8) is 0 Å². The summed E-state index contributed by atoms with van der Waals surface area (Å²) in [5, 5.41) is 0. The van der Waals surface area contributed by atoms with Crippen LogP contribution in [0.25, 0.3) is 0 Å². The van der Waals surface area contributed by atoms with Crippen LogP contribution in [-0.4, -0.2) is 42.2 Å². The van der Waals surface area contributed by atoms with Gasteiger partial charge in [0.25, 0.3) is 0 Å². The maximum absolute atomic E-state index is 13.1. The summed E-state index contributed by atoms with van der Waals surface area (Å²) in [6, 6.07) is -0.382. The zero-order valence-corrected chi connectivity index (χ0v) is 12.3. The zero-order valence-electron chi connectivity index (χ0n) is 12.3. The number of amides is 1. The molecule has 1 unspecified atom stereocenters. The molecule has 112 valence electrons. The van der Waals surface area contributed by atoms with Crippen LogP contribution in [0.3, 0.4) is 0 Å². The van der Waals surface area contributed by atoms with E-state index in [9.17, 15) is 13.6 Å². The summed E-state index contributed by atoms with van der Waals surface area (Å²) in [5.74, 6) is -2.66. The standard InChI is InChI=1S/C13H24F2N2O2/c1-9(12(8-16)6-13(14,15)7-12)17(5)10(18)19-11(2,3)4/h9H,6-8,16H2,1-5H3. The average molecular weight is 278 g/mol. The topological polar surface area (TPSA) is 55.6 Å². The van der Waals surface area contributed by atoms with Gasteiger partial charge in [-0.05, 0) is 27.7 Å². The number of hydrogen-bond donors (Lipinski definition) is 1. The van der Waals surface area contributed by atoms with Gasteiger partial charge in [0, 0.05) is 37.9 Å². The van der Waals surface area contributed by atoms with E-state index in [1.807, 2.05) is 0 Å². The molecule has 0 heterocycles. The first-order valence-corrected chi connectivity index (χ1v) is 6.46. The molecule has 1 fully saturated rings. The number of halogens is 2. The molecule has 0 aromatic carbocycles. The van der Waals surface area contributed by atoms with Crippen LogP contribution in [-0.2, 0) is 4.74 Å². The van der Waals surface area contributed by atoms with Crippen molar-refractivity contribution in [1.29, 1.82) is 0 Å². The lowest BCUT2D eigenvalue weighted by Gasteiger charge is -2.52. The number of carbonyl (C=O) groups is 1. The second kappa shape index (κ2) is 4.89. The van der Waals surface area contributed by atoms with Gasteiger partial charge in [-0.3, -0.25) is 0 Å². The first-order chi connectivity index (χ1) is 8.42. The zero-order chi connectivity index (χ0) is 15.1. The fourth-order valence-corrected chi connectivity index (χ4v) is 2.49. The highest BCUT2D eigenvalue weighted by Gasteiger charge is 2.59. The molecule has 0 aromatic heterocycles. The Bertz CT molecular complexity index is 345. The number of alkyl halides is 2. The monoisotopic (exact) mass is 278 g/mol. The highest BCUT2D eigenvalue weighted by molar-refractivity contribution is 5.68. The van der Waals surface area contributed by atoms with Crippen molar-refractivity contribution in [2.75, 3.05) is 13.6 Å². The number of nitrogens with zero attached hydrogens (tertiary/aromatic N) is 1. The molecular weight excluding hydrogens is 254 g/mol. The van der Waals surface area contributed by atoms with Crippen molar-refractivity contribution in [3.8, 4) is 0 Å². The minimum atomic E-state index is -2.66. The summed E-state index contributed by atoms with van der Waals surface area (Å²) in [4.78, 5) is 13.3. The molecule has 1 rings (SSSR count). The maximum Gasteiger partial charge on any atom is 0.410 e. The van der Waals surface area contributed by atoms with Gasteiger partial charge in [-0.15, -0.1) is 0 Å². The number of ether oxygens (including phenoxy) is 1. The molecule has 1 atom stereocenters. The number of hydrogen-bond acceptors (Lipinski definition) is 3. The fourth-order valence-electron chi connectivity index (χ4n) is 2.49. The van der Waals surface area contributed by atoms with Crippen molar-refractivity contribution in [2.24, 2.45) is 11.1 Å². The summed E-state index contributed by atoms with van der Waals surface area (Å²) in [6.07, 6.45) is -1.06. The molecule has 1 saturated carbocycles. The largest absolute Gasteiger partial charge is 0.444 e. The second-order valence-electron chi connectivity index (χ2n) is 6.54. The Kier molecular flexibility index (Phi) is 4.15. The first-order valence-electron chi connectivity index (χ1n) is 6.46. The molecule has 0 radical (unpaired) electrons. The SMILES string of the molecule is CC(N(C)C(=O)OC(C)(C)C)C1(CN)CC(F)(F)C1. The smallest absolute Gasteiger partial charge is 0.410 e. The first kappa shape index (κ1) is 16.1. The van der Waals surface area contributed by atoms with Gasteiger partial charge in [0.2, 0.25) is 5.92 Å². The number of carbonyl (C=O) groups excluding carboxylic acids is 1. The average Bonchev–Trinajstić information content (AvgIpc) is 2.20. The number of nitrogens with two attached hydrogens (primary N) is 1. The van der Waals surface area contributed by atoms with Gasteiger partial charge < -0.3 is 15.4 Å². The van der Waals surface area contributed by atoms with Crippen LogP contribution in [0.15, 0.2) is 0 Å². The van der Waals surface area contributed by atoms with Gasteiger partial charge in [-0.1, -0.05) is 0 Å².